The maximum atomic E-state index is 9.72. The van der Waals surface area contributed by atoms with Gasteiger partial charge in [-0.1, -0.05) is 17.9 Å². The summed E-state index contributed by atoms with van der Waals surface area (Å²) >= 11 is 0. The van der Waals surface area contributed by atoms with Gasteiger partial charge in [-0.05, 0) is 50.8 Å². The fraction of sp³-hybridized carbons (Fsp3) is 0.467. The SMILES string of the molecule is CC(C)(O)C#Cc1cccc2c1CCCCN2NN. The normalized spacial score (nSPS) is 15.3. The number of nitrogens with one attached hydrogen (secondary N) is 1. The second-order valence-corrected chi connectivity index (χ2v) is 5.35. The Balaban J connectivity index is 2.44. The van der Waals surface area contributed by atoms with Crippen LogP contribution in [0.3, 0.4) is 0 Å². The first-order valence-corrected chi connectivity index (χ1v) is 6.62. The van der Waals surface area contributed by atoms with Gasteiger partial charge in [-0.25, -0.2) is 0 Å². The molecule has 0 amide bonds. The lowest BCUT2D eigenvalue weighted by molar-refractivity contribution is 0.143. The van der Waals surface area contributed by atoms with Gasteiger partial charge in [0, 0.05) is 12.1 Å². The van der Waals surface area contributed by atoms with Crippen molar-refractivity contribution in [3.05, 3.63) is 29.3 Å². The first kappa shape index (κ1) is 13.9. The molecule has 0 bridgehead atoms. The van der Waals surface area contributed by atoms with E-state index in [-0.39, 0.29) is 0 Å². The lowest BCUT2D eigenvalue weighted by Crippen LogP contribution is -2.43. The molecule has 0 aliphatic carbocycles. The van der Waals surface area contributed by atoms with Gasteiger partial charge < -0.3 is 5.11 Å². The van der Waals surface area contributed by atoms with Crippen LogP contribution in [-0.2, 0) is 6.42 Å². The van der Waals surface area contributed by atoms with E-state index in [1.807, 2.05) is 17.1 Å². The molecule has 4 N–H and O–H groups in total. The number of nitrogens with zero attached hydrogens (tertiary/aromatic N) is 1. The molecule has 0 atom stereocenters. The lowest BCUT2D eigenvalue weighted by Gasteiger charge is -2.23. The molecule has 1 aromatic rings. The zero-order chi connectivity index (χ0) is 13.9. The van der Waals surface area contributed by atoms with Crippen molar-refractivity contribution in [3.8, 4) is 11.8 Å². The van der Waals surface area contributed by atoms with E-state index in [9.17, 15) is 5.11 Å². The van der Waals surface area contributed by atoms with Gasteiger partial charge in [0.25, 0.3) is 0 Å². The summed E-state index contributed by atoms with van der Waals surface area (Å²) in [6.07, 6.45) is 3.20. The van der Waals surface area contributed by atoms with Gasteiger partial charge in [-0.2, -0.15) is 5.53 Å². The number of rotatable bonds is 1. The van der Waals surface area contributed by atoms with E-state index in [4.69, 9.17) is 5.84 Å². The number of hydrazine groups is 2. The molecule has 0 aromatic heterocycles. The van der Waals surface area contributed by atoms with E-state index in [1.165, 1.54) is 5.56 Å². The molecule has 0 saturated carbocycles. The smallest absolute Gasteiger partial charge is 0.120 e. The molecule has 19 heavy (non-hydrogen) atoms. The van der Waals surface area contributed by atoms with Crippen LogP contribution in [0.4, 0.5) is 5.69 Å². The van der Waals surface area contributed by atoms with Gasteiger partial charge >= 0.3 is 0 Å². The van der Waals surface area contributed by atoms with Crippen molar-refractivity contribution in [2.45, 2.75) is 38.7 Å². The second-order valence-electron chi connectivity index (χ2n) is 5.35. The van der Waals surface area contributed by atoms with E-state index < -0.39 is 5.60 Å². The molecule has 2 rings (SSSR count). The van der Waals surface area contributed by atoms with Crippen molar-refractivity contribution in [2.24, 2.45) is 5.84 Å². The standard InChI is InChI=1S/C15H21N3O/c1-15(2,19)10-9-12-6-5-8-14-13(12)7-3-4-11-18(14)17-16/h5-6,8,17,19H,3-4,7,11,16H2,1-2H3. The number of nitrogens with two attached hydrogens (primary N) is 1. The van der Waals surface area contributed by atoms with Crippen LogP contribution in [0.5, 0.6) is 0 Å². The summed E-state index contributed by atoms with van der Waals surface area (Å²) in [6.45, 7) is 4.27. The summed E-state index contributed by atoms with van der Waals surface area (Å²) in [7, 11) is 0. The highest BCUT2D eigenvalue weighted by Gasteiger charge is 2.16. The Morgan fingerprint density at radius 2 is 2.16 bits per heavy atom. The van der Waals surface area contributed by atoms with Gasteiger partial charge in [0.1, 0.15) is 5.60 Å². The molecule has 1 aliphatic heterocycles. The molecule has 1 aromatic carbocycles. The Kier molecular flexibility index (Phi) is 4.11. The van der Waals surface area contributed by atoms with Crippen LogP contribution in [0.15, 0.2) is 18.2 Å². The molecule has 0 radical (unpaired) electrons. The van der Waals surface area contributed by atoms with E-state index in [0.717, 1.165) is 37.1 Å². The van der Waals surface area contributed by atoms with Gasteiger partial charge in [-0.15, -0.1) is 0 Å². The van der Waals surface area contributed by atoms with Crippen LogP contribution in [0, 0.1) is 11.8 Å². The number of fused-ring (bicyclic) bond motifs is 1. The third kappa shape index (κ3) is 3.48. The van der Waals surface area contributed by atoms with E-state index in [2.05, 4.69) is 23.4 Å². The summed E-state index contributed by atoms with van der Waals surface area (Å²) in [4.78, 5) is 0. The summed E-state index contributed by atoms with van der Waals surface area (Å²) in [6, 6.07) is 6.02. The zero-order valence-corrected chi connectivity index (χ0v) is 11.5. The number of hydrogen-bond donors (Lipinski definition) is 3. The van der Waals surface area contributed by atoms with E-state index >= 15 is 0 Å². The molecule has 0 saturated heterocycles. The molecule has 0 fully saturated rings. The predicted octanol–water partition coefficient (Wildman–Crippen LogP) is 1.33. The minimum atomic E-state index is -0.973. The minimum absolute atomic E-state index is 0.895. The van der Waals surface area contributed by atoms with Crippen molar-refractivity contribution in [1.29, 1.82) is 0 Å². The maximum Gasteiger partial charge on any atom is 0.120 e. The molecule has 1 heterocycles. The van der Waals surface area contributed by atoms with Crippen LogP contribution in [-0.4, -0.2) is 17.3 Å². The average molecular weight is 259 g/mol. The van der Waals surface area contributed by atoms with Crippen LogP contribution < -0.4 is 16.4 Å². The van der Waals surface area contributed by atoms with Gasteiger partial charge in [0.2, 0.25) is 0 Å². The number of benzene rings is 1. The number of hydrogen-bond acceptors (Lipinski definition) is 4. The van der Waals surface area contributed by atoms with Gasteiger partial charge in [0.05, 0.1) is 5.69 Å². The Morgan fingerprint density at radius 1 is 1.37 bits per heavy atom. The molecule has 0 spiro atoms. The largest absolute Gasteiger partial charge is 0.378 e. The van der Waals surface area contributed by atoms with Crippen LogP contribution >= 0.6 is 0 Å². The van der Waals surface area contributed by atoms with Crippen molar-refractivity contribution in [3.63, 3.8) is 0 Å². The van der Waals surface area contributed by atoms with Crippen LogP contribution in [0.1, 0.15) is 37.8 Å². The summed E-state index contributed by atoms with van der Waals surface area (Å²) < 4.78 is 0. The summed E-state index contributed by atoms with van der Waals surface area (Å²) in [5.74, 6) is 11.5. The topological polar surface area (TPSA) is 61.5 Å². The first-order chi connectivity index (χ1) is 9.01. The molecule has 0 unspecified atom stereocenters. The highest BCUT2D eigenvalue weighted by atomic mass is 16.3. The highest BCUT2D eigenvalue weighted by Crippen LogP contribution is 2.27. The zero-order valence-electron chi connectivity index (χ0n) is 11.5. The Bertz CT molecular complexity index is 508. The Labute approximate surface area is 114 Å². The van der Waals surface area contributed by atoms with Crippen molar-refractivity contribution in [2.75, 3.05) is 11.6 Å². The summed E-state index contributed by atoms with van der Waals surface area (Å²) in [5, 5.41) is 11.7. The molecular formula is C15H21N3O. The van der Waals surface area contributed by atoms with Crippen LogP contribution in [0.2, 0.25) is 0 Å². The monoisotopic (exact) mass is 259 g/mol. The Hall–Kier alpha value is -1.54. The van der Waals surface area contributed by atoms with E-state index in [1.54, 1.807) is 13.8 Å². The number of aliphatic hydroxyl groups is 1. The van der Waals surface area contributed by atoms with Gasteiger partial charge in [0.15, 0.2) is 0 Å². The molecule has 4 nitrogen and oxygen atoms in total. The highest BCUT2D eigenvalue weighted by molar-refractivity contribution is 5.61. The molecule has 4 heteroatoms. The van der Waals surface area contributed by atoms with Crippen LogP contribution in [0.25, 0.3) is 0 Å². The fourth-order valence-corrected chi connectivity index (χ4v) is 2.25. The molecule has 1 aliphatic rings. The predicted molar refractivity (Wildman–Crippen MR) is 77.2 cm³/mol. The lowest BCUT2D eigenvalue weighted by atomic mass is 10.00. The second kappa shape index (κ2) is 5.62. The van der Waals surface area contributed by atoms with Gasteiger partial charge in [-0.3, -0.25) is 10.9 Å². The maximum absolute atomic E-state index is 9.72. The average Bonchev–Trinajstić information content (AvgIpc) is 2.57. The quantitative estimate of drug-likeness (QED) is 0.404. The van der Waals surface area contributed by atoms with Crippen molar-refractivity contribution in [1.82, 2.24) is 5.53 Å². The fourth-order valence-electron chi connectivity index (χ4n) is 2.25. The minimum Gasteiger partial charge on any atom is -0.378 e. The third-order valence-corrected chi connectivity index (χ3v) is 3.16. The number of anilines is 1. The summed E-state index contributed by atoms with van der Waals surface area (Å²) in [5.41, 5.74) is 5.03. The Morgan fingerprint density at radius 3 is 2.84 bits per heavy atom. The van der Waals surface area contributed by atoms with Crippen molar-refractivity contribution < 1.29 is 5.11 Å². The first-order valence-electron chi connectivity index (χ1n) is 6.62. The van der Waals surface area contributed by atoms with E-state index in [0.29, 0.717) is 0 Å². The molecular weight excluding hydrogens is 238 g/mol. The third-order valence-electron chi connectivity index (χ3n) is 3.16. The molecule has 102 valence electrons. The van der Waals surface area contributed by atoms with Crippen molar-refractivity contribution >= 4 is 5.69 Å².